The first kappa shape index (κ1) is 21.6. The number of amides is 2. The summed E-state index contributed by atoms with van der Waals surface area (Å²) in [6, 6.07) is 6.26. The number of nitrogens with zero attached hydrogens (tertiary/aromatic N) is 2. The highest BCUT2D eigenvalue weighted by Gasteiger charge is 2.35. The van der Waals surface area contributed by atoms with Gasteiger partial charge >= 0.3 is 6.09 Å². The Morgan fingerprint density at radius 2 is 1.69 bits per heavy atom. The number of ether oxygens (including phenoxy) is 1. The molecule has 0 unspecified atom stereocenters. The van der Waals surface area contributed by atoms with Crippen molar-refractivity contribution in [1.29, 1.82) is 0 Å². The van der Waals surface area contributed by atoms with Gasteiger partial charge in [0.15, 0.2) is 0 Å². The largest absolute Gasteiger partial charge is 0.453 e. The average molecular weight is 424 g/mol. The molecule has 2 aliphatic rings. The molecule has 160 valence electrons. The minimum Gasteiger partial charge on any atom is -0.453 e. The second-order valence-corrected chi connectivity index (χ2v) is 9.63. The Morgan fingerprint density at radius 1 is 1.03 bits per heavy atom. The first-order valence-electron chi connectivity index (χ1n) is 10.1. The third-order valence-corrected chi connectivity index (χ3v) is 7.73. The zero-order valence-corrected chi connectivity index (χ0v) is 17.8. The normalized spacial score (nSPS) is 21.6. The molecule has 3 rings (SSSR count). The molecule has 2 saturated heterocycles. The Labute approximate surface area is 172 Å². The molecule has 2 amide bonds. The van der Waals surface area contributed by atoms with Crippen molar-refractivity contribution in [3.63, 3.8) is 0 Å². The van der Waals surface area contributed by atoms with Gasteiger partial charge in [0, 0.05) is 37.3 Å². The van der Waals surface area contributed by atoms with E-state index in [9.17, 15) is 18.0 Å². The lowest BCUT2D eigenvalue weighted by atomic mass is 9.94. The number of nitrogens with one attached hydrogen (secondary N) is 1. The second kappa shape index (κ2) is 9.13. The van der Waals surface area contributed by atoms with E-state index in [0.29, 0.717) is 31.6 Å². The molecule has 0 radical (unpaired) electrons. The molecule has 0 saturated carbocycles. The average Bonchev–Trinajstić information content (AvgIpc) is 2.74. The Balaban J connectivity index is 1.60. The van der Waals surface area contributed by atoms with Crippen LogP contribution in [0.15, 0.2) is 29.2 Å². The van der Waals surface area contributed by atoms with Gasteiger partial charge in [0.05, 0.1) is 12.0 Å². The van der Waals surface area contributed by atoms with Gasteiger partial charge in [-0.2, -0.15) is 4.31 Å². The van der Waals surface area contributed by atoms with E-state index in [0.717, 1.165) is 25.8 Å². The minimum absolute atomic E-state index is 0.103. The fraction of sp³-hybridized carbons (Fsp3) is 0.600. The first-order valence-corrected chi connectivity index (χ1v) is 11.5. The number of hydrogen-bond acceptors (Lipinski definition) is 5. The van der Waals surface area contributed by atoms with Gasteiger partial charge < -0.3 is 9.64 Å². The van der Waals surface area contributed by atoms with E-state index >= 15 is 0 Å². The number of piperidine rings is 2. The van der Waals surface area contributed by atoms with Gasteiger partial charge in [-0.15, -0.1) is 0 Å². The number of likely N-dealkylation sites (tertiary alicyclic amines) is 1. The Kier molecular flexibility index (Phi) is 6.79. The molecule has 0 spiro atoms. The highest BCUT2D eigenvalue weighted by Crippen LogP contribution is 2.28. The molecule has 9 heteroatoms. The molecular formula is C20H29N3O5S. The lowest BCUT2D eigenvalue weighted by molar-refractivity contribution is -0.140. The fourth-order valence-electron chi connectivity index (χ4n) is 4.03. The number of rotatable bonds is 4. The number of carbonyl (C=O) groups is 2. The minimum atomic E-state index is -3.63. The molecule has 8 nitrogen and oxygen atoms in total. The van der Waals surface area contributed by atoms with Crippen LogP contribution in [-0.4, -0.2) is 62.4 Å². The van der Waals surface area contributed by atoms with Crippen molar-refractivity contribution in [3.8, 4) is 0 Å². The van der Waals surface area contributed by atoms with Crippen molar-refractivity contribution < 1.29 is 22.7 Å². The van der Waals surface area contributed by atoms with Gasteiger partial charge in [0.2, 0.25) is 15.9 Å². The number of sulfonamides is 1. The van der Waals surface area contributed by atoms with Crippen molar-refractivity contribution in [2.45, 2.75) is 50.0 Å². The van der Waals surface area contributed by atoms with Crippen molar-refractivity contribution in [2.75, 3.05) is 32.1 Å². The predicted octanol–water partition coefficient (Wildman–Crippen LogP) is 2.67. The summed E-state index contributed by atoms with van der Waals surface area (Å²) < 4.78 is 31.8. The van der Waals surface area contributed by atoms with Gasteiger partial charge in [-0.25, -0.2) is 13.2 Å². The molecule has 1 N–H and O–H groups in total. The van der Waals surface area contributed by atoms with Gasteiger partial charge in [0.1, 0.15) is 0 Å². The molecule has 1 atom stereocenters. The number of benzene rings is 1. The van der Waals surface area contributed by atoms with E-state index in [4.69, 9.17) is 0 Å². The maximum absolute atomic E-state index is 12.9. The highest BCUT2D eigenvalue weighted by atomic mass is 32.2. The van der Waals surface area contributed by atoms with Crippen LogP contribution in [-0.2, 0) is 19.6 Å². The van der Waals surface area contributed by atoms with E-state index in [1.807, 2.05) is 4.90 Å². The highest BCUT2D eigenvalue weighted by molar-refractivity contribution is 7.89. The smallest absolute Gasteiger partial charge is 0.411 e. The summed E-state index contributed by atoms with van der Waals surface area (Å²) in [5, 5.41) is 2.49. The van der Waals surface area contributed by atoms with Crippen LogP contribution in [0.3, 0.4) is 0 Å². The van der Waals surface area contributed by atoms with Crippen molar-refractivity contribution in [3.05, 3.63) is 24.3 Å². The molecule has 2 heterocycles. The summed E-state index contributed by atoms with van der Waals surface area (Å²) in [4.78, 5) is 26.2. The molecule has 2 fully saturated rings. The number of anilines is 1. The summed E-state index contributed by atoms with van der Waals surface area (Å²) >= 11 is 0. The van der Waals surface area contributed by atoms with Crippen LogP contribution in [0.2, 0.25) is 0 Å². The van der Waals surface area contributed by atoms with E-state index in [1.165, 1.54) is 35.7 Å². The summed E-state index contributed by atoms with van der Waals surface area (Å²) in [5.74, 6) is 0.0705. The molecule has 0 bridgehead atoms. The molecule has 0 aliphatic carbocycles. The number of hydrogen-bond donors (Lipinski definition) is 1. The lowest BCUT2D eigenvalue weighted by Gasteiger charge is -2.38. The van der Waals surface area contributed by atoms with Crippen LogP contribution >= 0.6 is 0 Å². The molecule has 0 aromatic heterocycles. The third kappa shape index (κ3) is 4.90. The van der Waals surface area contributed by atoms with Crippen LogP contribution in [0.1, 0.15) is 39.0 Å². The third-order valence-electron chi connectivity index (χ3n) is 5.81. The lowest BCUT2D eigenvalue weighted by Crippen LogP contribution is -2.48. The van der Waals surface area contributed by atoms with Crippen LogP contribution in [0.4, 0.5) is 10.5 Å². The van der Waals surface area contributed by atoms with Gasteiger partial charge in [-0.3, -0.25) is 10.1 Å². The van der Waals surface area contributed by atoms with Gasteiger partial charge in [-0.05, 0) is 63.3 Å². The summed E-state index contributed by atoms with van der Waals surface area (Å²) in [6.07, 6.45) is 3.72. The molecule has 1 aromatic carbocycles. The maximum Gasteiger partial charge on any atom is 0.411 e. The monoisotopic (exact) mass is 423 g/mol. The summed E-state index contributed by atoms with van der Waals surface area (Å²) in [7, 11) is -2.37. The number of methoxy groups -OCH3 is 1. The van der Waals surface area contributed by atoms with Crippen LogP contribution in [0.25, 0.3) is 0 Å². The summed E-state index contributed by atoms with van der Waals surface area (Å²) in [6.45, 7) is 3.58. The molecule has 2 aliphatic heterocycles. The quantitative estimate of drug-likeness (QED) is 0.803. The maximum atomic E-state index is 12.9. The van der Waals surface area contributed by atoms with Crippen LogP contribution in [0, 0.1) is 5.92 Å². The SMILES string of the molecule is COC(=O)Nc1ccc(S(=O)(=O)N2CCC(C(=O)N3CCCC[C@@H]3C)CC2)cc1. The Bertz CT molecular complexity index is 832. The van der Waals surface area contributed by atoms with Crippen LogP contribution in [0.5, 0.6) is 0 Å². The predicted molar refractivity (Wildman–Crippen MR) is 109 cm³/mol. The Morgan fingerprint density at radius 3 is 2.28 bits per heavy atom. The Hall–Kier alpha value is -2.13. The zero-order chi connectivity index (χ0) is 21.0. The topological polar surface area (TPSA) is 96.0 Å². The molecular weight excluding hydrogens is 394 g/mol. The van der Waals surface area contributed by atoms with Crippen molar-refractivity contribution in [1.82, 2.24) is 9.21 Å². The molecule has 1 aromatic rings. The standard InChI is InChI=1S/C20H29N3O5S/c1-15-5-3-4-12-23(15)19(24)16-10-13-22(14-11-16)29(26,27)18-8-6-17(7-9-18)21-20(25)28-2/h6-9,15-16H,3-5,10-14H2,1-2H3,(H,21,25)/t15-/m0/s1. The van der Waals surface area contributed by atoms with Crippen molar-refractivity contribution in [2.24, 2.45) is 5.92 Å². The van der Waals surface area contributed by atoms with E-state index in [1.54, 1.807) is 0 Å². The van der Waals surface area contributed by atoms with E-state index < -0.39 is 16.1 Å². The first-order chi connectivity index (χ1) is 13.8. The van der Waals surface area contributed by atoms with Crippen molar-refractivity contribution >= 4 is 27.7 Å². The van der Waals surface area contributed by atoms with Gasteiger partial charge in [-0.1, -0.05) is 0 Å². The molecule has 29 heavy (non-hydrogen) atoms. The number of carbonyl (C=O) groups excluding carboxylic acids is 2. The second-order valence-electron chi connectivity index (χ2n) is 7.70. The summed E-state index contributed by atoms with van der Waals surface area (Å²) in [5.41, 5.74) is 0.454. The van der Waals surface area contributed by atoms with Crippen LogP contribution < -0.4 is 5.32 Å². The zero-order valence-electron chi connectivity index (χ0n) is 17.0. The van der Waals surface area contributed by atoms with E-state index in [2.05, 4.69) is 17.0 Å². The fourth-order valence-corrected chi connectivity index (χ4v) is 5.50. The van der Waals surface area contributed by atoms with Gasteiger partial charge in [0.25, 0.3) is 0 Å². The van der Waals surface area contributed by atoms with E-state index in [-0.39, 0.29) is 22.8 Å².